The van der Waals surface area contributed by atoms with Crippen LogP contribution in [-0.2, 0) is 4.79 Å². The molecule has 0 N–H and O–H groups in total. The Labute approximate surface area is 192 Å². The van der Waals surface area contributed by atoms with Gasteiger partial charge in [0.15, 0.2) is 5.78 Å². The van der Waals surface area contributed by atoms with Crippen LogP contribution in [0.15, 0.2) is 23.8 Å². The van der Waals surface area contributed by atoms with Gasteiger partial charge in [0.2, 0.25) is 0 Å². The van der Waals surface area contributed by atoms with Crippen LogP contribution >= 0.6 is 0 Å². The monoisotopic (exact) mass is 424 g/mol. The van der Waals surface area contributed by atoms with Crippen molar-refractivity contribution in [1.82, 2.24) is 0 Å². The standard InChI is InChI=1S/C30H48O/c1-6-7-11-21(2)12-10-13-22(3)24-15-16-25-23-20-28(31)27-14-8-9-18-29(27,4)26(23)17-19-30(24,25)5/h7,11,20-22,24-27H,6,8-10,12-19H2,1-5H3/t21?,22-,24-,25+,26+,27+,29-,30-/m1/s1. The van der Waals surface area contributed by atoms with E-state index in [9.17, 15) is 4.79 Å². The van der Waals surface area contributed by atoms with E-state index in [1.807, 2.05) is 0 Å². The lowest BCUT2D eigenvalue weighted by atomic mass is 9.47. The van der Waals surface area contributed by atoms with E-state index >= 15 is 0 Å². The van der Waals surface area contributed by atoms with Gasteiger partial charge in [-0.1, -0.05) is 78.0 Å². The predicted octanol–water partition coefficient (Wildman–Crippen LogP) is 8.54. The van der Waals surface area contributed by atoms with Crippen molar-refractivity contribution in [3.05, 3.63) is 23.8 Å². The van der Waals surface area contributed by atoms with Crippen LogP contribution in [0.2, 0.25) is 0 Å². The molecule has 3 fully saturated rings. The minimum atomic E-state index is 0.257. The van der Waals surface area contributed by atoms with E-state index in [2.05, 4.69) is 52.8 Å². The molecule has 1 heteroatoms. The van der Waals surface area contributed by atoms with Gasteiger partial charge >= 0.3 is 0 Å². The lowest BCUT2D eigenvalue weighted by Gasteiger charge is -2.56. The van der Waals surface area contributed by atoms with Crippen molar-refractivity contribution in [2.75, 3.05) is 0 Å². The zero-order chi connectivity index (χ0) is 22.2. The number of rotatable bonds is 7. The van der Waals surface area contributed by atoms with Crippen molar-refractivity contribution < 1.29 is 4.79 Å². The largest absolute Gasteiger partial charge is 0.295 e. The number of fused-ring (bicyclic) bond motifs is 5. The van der Waals surface area contributed by atoms with Crippen molar-refractivity contribution >= 4 is 5.78 Å². The number of carbonyl (C=O) groups is 1. The summed E-state index contributed by atoms with van der Waals surface area (Å²) < 4.78 is 0. The van der Waals surface area contributed by atoms with E-state index in [4.69, 9.17) is 0 Å². The van der Waals surface area contributed by atoms with Gasteiger partial charge < -0.3 is 0 Å². The number of allylic oxidation sites excluding steroid dienone is 4. The van der Waals surface area contributed by atoms with Gasteiger partial charge in [0.1, 0.15) is 0 Å². The summed E-state index contributed by atoms with van der Waals surface area (Å²) in [5.41, 5.74) is 2.28. The number of hydrogen-bond acceptors (Lipinski definition) is 1. The fourth-order valence-corrected chi connectivity index (χ4v) is 8.82. The quantitative estimate of drug-likeness (QED) is 0.374. The topological polar surface area (TPSA) is 17.1 Å². The molecule has 0 aliphatic heterocycles. The second-order valence-electron chi connectivity index (χ2n) is 12.4. The molecule has 4 aliphatic carbocycles. The Morgan fingerprint density at radius 3 is 2.52 bits per heavy atom. The number of hydrogen-bond donors (Lipinski definition) is 0. The molecule has 31 heavy (non-hydrogen) atoms. The van der Waals surface area contributed by atoms with Crippen LogP contribution in [0.3, 0.4) is 0 Å². The minimum absolute atomic E-state index is 0.257. The van der Waals surface area contributed by atoms with Gasteiger partial charge in [-0.15, -0.1) is 0 Å². The molecule has 0 aromatic rings. The average molecular weight is 425 g/mol. The lowest BCUT2D eigenvalue weighted by Crippen LogP contribution is -2.51. The van der Waals surface area contributed by atoms with Crippen LogP contribution in [0.5, 0.6) is 0 Å². The van der Waals surface area contributed by atoms with Crippen LogP contribution in [0.25, 0.3) is 0 Å². The molecule has 174 valence electrons. The molecule has 0 bridgehead atoms. The molecule has 3 saturated carbocycles. The SMILES string of the molecule is CCC=CC(C)CCC[C@@H](C)[C@H]1CC[C@H]2C3=CC(=O)[C@@H]4CCCC[C@]4(C)[C@H]3CC[C@]12C. The third-order valence-electron chi connectivity index (χ3n) is 10.6. The maximum atomic E-state index is 13.2. The van der Waals surface area contributed by atoms with Gasteiger partial charge in [0, 0.05) is 5.92 Å². The van der Waals surface area contributed by atoms with E-state index in [1.165, 1.54) is 64.2 Å². The zero-order valence-corrected chi connectivity index (χ0v) is 21.1. The van der Waals surface area contributed by atoms with Crippen LogP contribution in [0, 0.1) is 46.3 Å². The summed E-state index contributed by atoms with van der Waals surface area (Å²) in [5.74, 6) is 4.54. The van der Waals surface area contributed by atoms with E-state index < -0.39 is 0 Å². The summed E-state index contributed by atoms with van der Waals surface area (Å²) in [6.07, 6.45) is 22.6. The first kappa shape index (κ1) is 23.3. The lowest BCUT2D eigenvalue weighted by molar-refractivity contribution is -0.128. The first-order valence-corrected chi connectivity index (χ1v) is 13.7. The first-order chi connectivity index (χ1) is 14.8. The van der Waals surface area contributed by atoms with Gasteiger partial charge in [-0.3, -0.25) is 4.79 Å². The third kappa shape index (κ3) is 4.13. The van der Waals surface area contributed by atoms with Gasteiger partial charge in [-0.2, -0.15) is 0 Å². The van der Waals surface area contributed by atoms with Crippen molar-refractivity contribution in [2.24, 2.45) is 46.3 Å². The molecule has 0 aromatic carbocycles. The Kier molecular flexibility index (Phi) is 6.91. The van der Waals surface area contributed by atoms with Crippen molar-refractivity contribution in [1.29, 1.82) is 0 Å². The maximum Gasteiger partial charge on any atom is 0.159 e. The molecule has 0 aromatic heterocycles. The number of carbonyl (C=O) groups excluding carboxylic acids is 1. The first-order valence-electron chi connectivity index (χ1n) is 13.7. The maximum absolute atomic E-state index is 13.2. The van der Waals surface area contributed by atoms with E-state index in [0.717, 1.165) is 30.6 Å². The summed E-state index contributed by atoms with van der Waals surface area (Å²) in [5, 5.41) is 0. The van der Waals surface area contributed by atoms with E-state index in [-0.39, 0.29) is 5.41 Å². The summed E-state index contributed by atoms with van der Waals surface area (Å²) in [6, 6.07) is 0. The Morgan fingerprint density at radius 1 is 0.968 bits per heavy atom. The van der Waals surface area contributed by atoms with E-state index in [1.54, 1.807) is 5.57 Å². The molecule has 4 rings (SSSR count). The molecule has 1 nitrogen and oxygen atoms in total. The van der Waals surface area contributed by atoms with Gasteiger partial charge in [0.05, 0.1) is 0 Å². The third-order valence-corrected chi connectivity index (χ3v) is 10.6. The molecule has 0 spiro atoms. The molecule has 0 saturated heterocycles. The fourth-order valence-electron chi connectivity index (χ4n) is 8.82. The average Bonchev–Trinajstić information content (AvgIpc) is 3.09. The van der Waals surface area contributed by atoms with Crippen molar-refractivity contribution in [3.63, 3.8) is 0 Å². The highest BCUT2D eigenvalue weighted by Crippen LogP contribution is 2.66. The predicted molar refractivity (Wildman–Crippen MR) is 132 cm³/mol. The molecule has 8 atom stereocenters. The minimum Gasteiger partial charge on any atom is -0.295 e. The smallest absolute Gasteiger partial charge is 0.159 e. The molecule has 0 amide bonds. The summed E-state index contributed by atoms with van der Waals surface area (Å²) in [7, 11) is 0. The molecule has 0 heterocycles. The van der Waals surface area contributed by atoms with Crippen LogP contribution < -0.4 is 0 Å². The van der Waals surface area contributed by atoms with Gasteiger partial charge in [-0.05, 0) is 97.9 Å². The Morgan fingerprint density at radius 2 is 1.74 bits per heavy atom. The van der Waals surface area contributed by atoms with Gasteiger partial charge in [0.25, 0.3) is 0 Å². The Bertz CT molecular complexity index is 716. The van der Waals surface area contributed by atoms with Crippen LogP contribution in [-0.4, -0.2) is 5.78 Å². The molecular formula is C30H48O. The summed E-state index contributed by atoms with van der Waals surface area (Å²) >= 11 is 0. The highest BCUT2D eigenvalue weighted by atomic mass is 16.1. The normalized spacial score (nSPS) is 42.0. The zero-order valence-electron chi connectivity index (χ0n) is 21.1. The van der Waals surface area contributed by atoms with Crippen molar-refractivity contribution in [3.8, 4) is 0 Å². The Hall–Kier alpha value is -0.850. The highest BCUT2D eigenvalue weighted by molar-refractivity contribution is 5.94. The fraction of sp³-hybridized carbons (Fsp3) is 0.833. The van der Waals surface area contributed by atoms with E-state index in [0.29, 0.717) is 29.0 Å². The van der Waals surface area contributed by atoms with Crippen molar-refractivity contribution in [2.45, 2.75) is 112 Å². The van der Waals surface area contributed by atoms with Crippen LogP contribution in [0.1, 0.15) is 112 Å². The van der Waals surface area contributed by atoms with Crippen LogP contribution in [0.4, 0.5) is 0 Å². The summed E-state index contributed by atoms with van der Waals surface area (Å²) in [4.78, 5) is 13.2. The molecule has 4 aliphatic rings. The molecule has 0 radical (unpaired) electrons. The molecular weight excluding hydrogens is 376 g/mol. The summed E-state index contributed by atoms with van der Waals surface area (Å²) in [6.45, 7) is 12.2. The second kappa shape index (κ2) is 9.18. The second-order valence-corrected chi connectivity index (χ2v) is 12.4. The molecule has 1 unspecified atom stereocenters. The van der Waals surface area contributed by atoms with Gasteiger partial charge in [-0.25, -0.2) is 0 Å². The Balaban J connectivity index is 1.45. The number of ketones is 1. The highest BCUT2D eigenvalue weighted by Gasteiger charge is 2.59.